The standard InChI is InChI=1S/C16H29N/c1-13(2)12-14-8-6-7-11-16(14)17-15-9-4-3-5-10-15/h12-13,15-17H,3-11H2,1-2H3/p+1/b14-12+/t16-/m0/s1. The van der Waals surface area contributed by atoms with Gasteiger partial charge in [-0.05, 0) is 56.4 Å². The van der Waals surface area contributed by atoms with Gasteiger partial charge in [-0.1, -0.05) is 26.3 Å². The van der Waals surface area contributed by atoms with Crippen LogP contribution in [0.15, 0.2) is 11.6 Å². The van der Waals surface area contributed by atoms with Gasteiger partial charge in [-0.25, -0.2) is 0 Å². The first-order valence-corrected chi connectivity index (χ1v) is 7.81. The minimum Gasteiger partial charge on any atom is -0.338 e. The topological polar surface area (TPSA) is 16.6 Å². The third kappa shape index (κ3) is 4.13. The Morgan fingerprint density at radius 2 is 1.71 bits per heavy atom. The molecule has 0 bridgehead atoms. The molecule has 1 heteroatoms. The SMILES string of the molecule is CC(C)/C=C1\CCCC[C@@H]1[NH2+]C1CCCCC1. The molecular weight excluding hydrogens is 206 g/mol. The number of hydrogen-bond acceptors (Lipinski definition) is 0. The normalized spacial score (nSPS) is 30.1. The van der Waals surface area contributed by atoms with E-state index in [0.717, 1.165) is 18.0 Å². The zero-order valence-electron chi connectivity index (χ0n) is 11.8. The fourth-order valence-electron chi connectivity index (χ4n) is 3.57. The van der Waals surface area contributed by atoms with Crippen LogP contribution in [-0.4, -0.2) is 12.1 Å². The van der Waals surface area contributed by atoms with E-state index in [9.17, 15) is 0 Å². The van der Waals surface area contributed by atoms with Gasteiger partial charge in [-0.3, -0.25) is 0 Å². The van der Waals surface area contributed by atoms with Crippen LogP contribution in [0.4, 0.5) is 0 Å². The summed E-state index contributed by atoms with van der Waals surface area (Å²) in [7, 11) is 0. The number of allylic oxidation sites excluding steroid dienone is 1. The van der Waals surface area contributed by atoms with E-state index >= 15 is 0 Å². The van der Waals surface area contributed by atoms with Gasteiger partial charge in [0.15, 0.2) is 0 Å². The summed E-state index contributed by atoms with van der Waals surface area (Å²) in [5.41, 5.74) is 1.76. The zero-order chi connectivity index (χ0) is 12.1. The lowest BCUT2D eigenvalue weighted by Gasteiger charge is -2.30. The highest BCUT2D eigenvalue weighted by atomic mass is 15.0. The van der Waals surface area contributed by atoms with Gasteiger partial charge in [0.05, 0.1) is 6.04 Å². The highest BCUT2D eigenvalue weighted by Crippen LogP contribution is 2.24. The maximum Gasteiger partial charge on any atom is 0.108 e. The third-order valence-electron chi connectivity index (χ3n) is 4.41. The highest BCUT2D eigenvalue weighted by molar-refractivity contribution is 5.11. The molecule has 2 rings (SSSR count). The molecule has 0 aromatic rings. The lowest BCUT2D eigenvalue weighted by Crippen LogP contribution is -2.95. The fourth-order valence-corrected chi connectivity index (χ4v) is 3.57. The second-order valence-electron chi connectivity index (χ2n) is 6.43. The van der Waals surface area contributed by atoms with Gasteiger partial charge in [0, 0.05) is 6.42 Å². The number of hydrogen-bond donors (Lipinski definition) is 1. The largest absolute Gasteiger partial charge is 0.338 e. The van der Waals surface area contributed by atoms with E-state index in [1.165, 1.54) is 57.8 Å². The van der Waals surface area contributed by atoms with Crippen molar-refractivity contribution in [3.8, 4) is 0 Å². The van der Waals surface area contributed by atoms with E-state index in [0.29, 0.717) is 0 Å². The fraction of sp³-hybridized carbons (Fsp3) is 0.875. The molecular formula is C16H30N+. The molecule has 0 aliphatic heterocycles. The molecule has 0 amide bonds. The van der Waals surface area contributed by atoms with E-state index in [2.05, 4.69) is 25.2 Å². The molecule has 2 N–H and O–H groups in total. The van der Waals surface area contributed by atoms with Crippen molar-refractivity contribution in [2.75, 3.05) is 0 Å². The summed E-state index contributed by atoms with van der Waals surface area (Å²) in [6.07, 6.45) is 15.6. The van der Waals surface area contributed by atoms with Gasteiger partial charge < -0.3 is 5.32 Å². The van der Waals surface area contributed by atoms with Crippen molar-refractivity contribution in [2.24, 2.45) is 5.92 Å². The van der Waals surface area contributed by atoms with Crippen molar-refractivity contribution < 1.29 is 5.32 Å². The lowest BCUT2D eigenvalue weighted by atomic mass is 9.86. The first kappa shape index (κ1) is 13.1. The molecule has 0 radical (unpaired) electrons. The number of rotatable bonds is 3. The summed E-state index contributed by atoms with van der Waals surface area (Å²) in [6.45, 7) is 4.64. The second kappa shape index (κ2) is 6.58. The van der Waals surface area contributed by atoms with Crippen LogP contribution in [0.3, 0.4) is 0 Å². The summed E-state index contributed by atoms with van der Waals surface area (Å²) < 4.78 is 0. The van der Waals surface area contributed by atoms with Gasteiger partial charge in [0.1, 0.15) is 6.04 Å². The predicted octanol–water partition coefficient (Wildman–Crippen LogP) is 3.41. The van der Waals surface area contributed by atoms with Crippen LogP contribution >= 0.6 is 0 Å². The molecule has 2 aliphatic carbocycles. The zero-order valence-corrected chi connectivity index (χ0v) is 11.8. The van der Waals surface area contributed by atoms with Crippen molar-refractivity contribution in [3.63, 3.8) is 0 Å². The third-order valence-corrected chi connectivity index (χ3v) is 4.41. The quantitative estimate of drug-likeness (QED) is 0.723. The molecule has 2 saturated carbocycles. The Morgan fingerprint density at radius 3 is 2.41 bits per heavy atom. The number of quaternary nitrogens is 1. The Bertz CT molecular complexity index is 248. The van der Waals surface area contributed by atoms with Gasteiger partial charge >= 0.3 is 0 Å². The summed E-state index contributed by atoms with van der Waals surface area (Å²) in [5.74, 6) is 0.727. The Kier molecular flexibility index (Phi) is 5.09. The maximum absolute atomic E-state index is 2.73. The molecule has 0 aromatic carbocycles. The predicted molar refractivity (Wildman–Crippen MR) is 74.0 cm³/mol. The van der Waals surface area contributed by atoms with Crippen molar-refractivity contribution in [3.05, 3.63) is 11.6 Å². The summed E-state index contributed by atoms with van der Waals surface area (Å²) in [4.78, 5) is 0. The Balaban J connectivity index is 1.91. The molecule has 0 saturated heterocycles. The summed E-state index contributed by atoms with van der Waals surface area (Å²) >= 11 is 0. The average Bonchev–Trinajstić information content (AvgIpc) is 2.32. The first-order chi connectivity index (χ1) is 8.25. The van der Waals surface area contributed by atoms with E-state index in [-0.39, 0.29) is 0 Å². The molecule has 0 unspecified atom stereocenters. The van der Waals surface area contributed by atoms with E-state index in [1.807, 2.05) is 0 Å². The molecule has 0 spiro atoms. The van der Waals surface area contributed by atoms with Crippen LogP contribution in [0.1, 0.15) is 71.6 Å². The van der Waals surface area contributed by atoms with Crippen LogP contribution < -0.4 is 5.32 Å². The molecule has 2 fully saturated rings. The van der Waals surface area contributed by atoms with Crippen molar-refractivity contribution >= 4 is 0 Å². The first-order valence-electron chi connectivity index (χ1n) is 7.81. The van der Waals surface area contributed by atoms with E-state index in [1.54, 1.807) is 5.57 Å². The molecule has 1 atom stereocenters. The van der Waals surface area contributed by atoms with Crippen LogP contribution in [0, 0.1) is 5.92 Å². The van der Waals surface area contributed by atoms with Crippen molar-refractivity contribution in [2.45, 2.75) is 83.7 Å². The van der Waals surface area contributed by atoms with Gasteiger partial charge in [0.2, 0.25) is 0 Å². The summed E-state index contributed by atoms with van der Waals surface area (Å²) in [5, 5.41) is 2.73. The molecule has 1 nitrogen and oxygen atoms in total. The van der Waals surface area contributed by atoms with Gasteiger partial charge in [-0.15, -0.1) is 0 Å². The van der Waals surface area contributed by atoms with Crippen molar-refractivity contribution in [1.82, 2.24) is 0 Å². The minimum absolute atomic E-state index is 0.727. The number of nitrogens with two attached hydrogens (primary N) is 1. The highest BCUT2D eigenvalue weighted by Gasteiger charge is 2.26. The smallest absolute Gasteiger partial charge is 0.108 e. The monoisotopic (exact) mass is 236 g/mol. The van der Waals surface area contributed by atoms with Crippen LogP contribution in [-0.2, 0) is 0 Å². The molecule has 17 heavy (non-hydrogen) atoms. The van der Waals surface area contributed by atoms with Crippen LogP contribution in [0.2, 0.25) is 0 Å². The Labute approximate surface area is 107 Å². The Morgan fingerprint density at radius 1 is 1.00 bits per heavy atom. The molecule has 2 aliphatic rings. The van der Waals surface area contributed by atoms with Crippen molar-refractivity contribution in [1.29, 1.82) is 0 Å². The molecule has 0 aromatic heterocycles. The van der Waals surface area contributed by atoms with E-state index in [4.69, 9.17) is 0 Å². The molecule has 98 valence electrons. The molecule has 0 heterocycles. The maximum atomic E-state index is 2.73. The summed E-state index contributed by atoms with van der Waals surface area (Å²) in [6, 6.07) is 1.76. The van der Waals surface area contributed by atoms with Crippen LogP contribution in [0.25, 0.3) is 0 Å². The van der Waals surface area contributed by atoms with Gasteiger partial charge in [0.25, 0.3) is 0 Å². The second-order valence-corrected chi connectivity index (χ2v) is 6.43. The minimum atomic E-state index is 0.727. The Hall–Kier alpha value is -0.300. The average molecular weight is 236 g/mol. The van der Waals surface area contributed by atoms with Crippen LogP contribution in [0.5, 0.6) is 0 Å². The van der Waals surface area contributed by atoms with Gasteiger partial charge in [-0.2, -0.15) is 0 Å². The lowest BCUT2D eigenvalue weighted by molar-refractivity contribution is -0.717. The van der Waals surface area contributed by atoms with E-state index < -0.39 is 0 Å².